The monoisotopic (exact) mass is 270 g/mol. The zero-order valence-electron chi connectivity index (χ0n) is 12.1. The second-order valence-corrected chi connectivity index (χ2v) is 6.57. The Labute approximate surface area is 115 Å². The highest BCUT2D eigenvalue weighted by molar-refractivity contribution is 7.11. The summed E-state index contributed by atoms with van der Waals surface area (Å²) >= 11 is 1.82. The lowest BCUT2D eigenvalue weighted by Gasteiger charge is -2.29. The van der Waals surface area contributed by atoms with Gasteiger partial charge < -0.3 is 10.1 Å². The van der Waals surface area contributed by atoms with E-state index in [4.69, 9.17) is 4.74 Å². The van der Waals surface area contributed by atoms with Crippen molar-refractivity contribution in [3.63, 3.8) is 0 Å². The number of hydrogen-bond acceptors (Lipinski definition) is 4. The Morgan fingerprint density at radius 2 is 2.28 bits per heavy atom. The molecule has 4 heteroatoms. The second-order valence-electron chi connectivity index (χ2n) is 5.25. The lowest BCUT2D eigenvalue weighted by Crippen LogP contribution is -2.35. The first-order valence-electron chi connectivity index (χ1n) is 6.70. The van der Waals surface area contributed by atoms with Crippen molar-refractivity contribution in [1.29, 1.82) is 0 Å². The van der Waals surface area contributed by atoms with Gasteiger partial charge in [-0.2, -0.15) is 0 Å². The Hall–Kier alpha value is -0.450. The zero-order valence-corrected chi connectivity index (χ0v) is 12.9. The molecule has 1 aromatic heterocycles. The molecule has 18 heavy (non-hydrogen) atoms. The van der Waals surface area contributed by atoms with Gasteiger partial charge in [0.2, 0.25) is 0 Å². The van der Waals surface area contributed by atoms with Crippen molar-refractivity contribution < 1.29 is 4.74 Å². The molecule has 0 aromatic carbocycles. The predicted molar refractivity (Wildman–Crippen MR) is 78.3 cm³/mol. The van der Waals surface area contributed by atoms with Gasteiger partial charge in [-0.25, -0.2) is 4.98 Å². The summed E-state index contributed by atoms with van der Waals surface area (Å²) in [5, 5.41) is 4.66. The van der Waals surface area contributed by atoms with Gasteiger partial charge in [0, 0.05) is 31.3 Å². The van der Waals surface area contributed by atoms with Crippen LogP contribution in [0.15, 0.2) is 6.20 Å². The molecule has 0 saturated carbocycles. The van der Waals surface area contributed by atoms with Crippen molar-refractivity contribution in [2.45, 2.75) is 40.0 Å². The fourth-order valence-electron chi connectivity index (χ4n) is 2.31. The second kappa shape index (κ2) is 7.87. The SMILES string of the molecule is CCCC(C)(CNCCOC)Cc1cnc(C)s1. The Kier molecular flexibility index (Phi) is 6.82. The first kappa shape index (κ1) is 15.6. The molecule has 1 rings (SSSR count). The summed E-state index contributed by atoms with van der Waals surface area (Å²) < 4.78 is 5.07. The van der Waals surface area contributed by atoms with Crippen molar-refractivity contribution in [3.8, 4) is 0 Å². The number of nitrogens with one attached hydrogen (secondary N) is 1. The number of rotatable bonds is 9. The van der Waals surface area contributed by atoms with Crippen LogP contribution >= 0.6 is 11.3 Å². The molecule has 0 radical (unpaired) electrons. The average Bonchev–Trinajstić information content (AvgIpc) is 2.70. The standard InChI is InChI=1S/C14H26N2OS/c1-5-6-14(3,11-15-7-8-17-4)9-13-10-16-12(2)18-13/h10,15H,5-9,11H2,1-4H3. The molecule has 0 spiro atoms. The maximum absolute atomic E-state index is 5.07. The Balaban J connectivity index is 2.50. The summed E-state index contributed by atoms with van der Waals surface area (Å²) in [5.74, 6) is 0. The summed E-state index contributed by atoms with van der Waals surface area (Å²) in [6.07, 6.45) is 5.61. The van der Waals surface area contributed by atoms with Gasteiger partial charge >= 0.3 is 0 Å². The van der Waals surface area contributed by atoms with Crippen LogP contribution in [0.3, 0.4) is 0 Å². The lowest BCUT2D eigenvalue weighted by atomic mass is 9.82. The van der Waals surface area contributed by atoms with Crippen LogP contribution in [0.4, 0.5) is 0 Å². The summed E-state index contributed by atoms with van der Waals surface area (Å²) in [6, 6.07) is 0. The topological polar surface area (TPSA) is 34.1 Å². The van der Waals surface area contributed by atoms with Crippen molar-refractivity contribution in [2.75, 3.05) is 26.8 Å². The number of ether oxygens (including phenoxy) is 1. The minimum atomic E-state index is 0.321. The van der Waals surface area contributed by atoms with E-state index in [0.29, 0.717) is 5.41 Å². The third-order valence-corrected chi connectivity index (χ3v) is 4.07. The van der Waals surface area contributed by atoms with Crippen LogP contribution in [0, 0.1) is 12.3 Å². The largest absolute Gasteiger partial charge is 0.383 e. The lowest BCUT2D eigenvalue weighted by molar-refractivity contribution is 0.190. The highest BCUT2D eigenvalue weighted by Gasteiger charge is 2.24. The van der Waals surface area contributed by atoms with Gasteiger partial charge in [-0.15, -0.1) is 11.3 Å². The van der Waals surface area contributed by atoms with E-state index in [-0.39, 0.29) is 0 Å². The minimum Gasteiger partial charge on any atom is -0.383 e. The molecular weight excluding hydrogens is 244 g/mol. The molecule has 3 nitrogen and oxygen atoms in total. The molecule has 0 saturated heterocycles. The van der Waals surface area contributed by atoms with Crippen molar-refractivity contribution >= 4 is 11.3 Å². The molecule has 0 bridgehead atoms. The molecule has 1 aromatic rings. The summed E-state index contributed by atoms with van der Waals surface area (Å²) in [5.41, 5.74) is 0.321. The smallest absolute Gasteiger partial charge is 0.0896 e. The zero-order chi connectivity index (χ0) is 13.4. The molecular formula is C14H26N2OS. The number of thiazole rings is 1. The summed E-state index contributed by atoms with van der Waals surface area (Å²) in [6.45, 7) is 9.44. The quantitative estimate of drug-likeness (QED) is 0.700. The number of methoxy groups -OCH3 is 1. The Morgan fingerprint density at radius 3 is 2.83 bits per heavy atom. The molecule has 1 N–H and O–H groups in total. The van der Waals surface area contributed by atoms with Crippen LogP contribution in [0.5, 0.6) is 0 Å². The fourth-order valence-corrected chi connectivity index (χ4v) is 3.33. The van der Waals surface area contributed by atoms with Crippen LogP contribution in [-0.2, 0) is 11.2 Å². The summed E-state index contributed by atoms with van der Waals surface area (Å²) in [7, 11) is 1.74. The van der Waals surface area contributed by atoms with Gasteiger partial charge in [-0.3, -0.25) is 0 Å². The van der Waals surface area contributed by atoms with E-state index < -0.39 is 0 Å². The van der Waals surface area contributed by atoms with Gasteiger partial charge in [-0.05, 0) is 25.2 Å². The van der Waals surface area contributed by atoms with Gasteiger partial charge in [-0.1, -0.05) is 20.3 Å². The van der Waals surface area contributed by atoms with Crippen LogP contribution in [0.25, 0.3) is 0 Å². The van der Waals surface area contributed by atoms with E-state index in [9.17, 15) is 0 Å². The van der Waals surface area contributed by atoms with Crippen molar-refractivity contribution in [1.82, 2.24) is 10.3 Å². The van der Waals surface area contributed by atoms with Crippen LogP contribution < -0.4 is 5.32 Å². The maximum atomic E-state index is 5.07. The van der Waals surface area contributed by atoms with Gasteiger partial charge in [0.1, 0.15) is 0 Å². The minimum absolute atomic E-state index is 0.321. The Bertz CT molecular complexity index is 340. The van der Waals surface area contributed by atoms with E-state index in [1.165, 1.54) is 17.7 Å². The van der Waals surface area contributed by atoms with Crippen LogP contribution in [0.1, 0.15) is 36.6 Å². The first-order chi connectivity index (χ1) is 8.59. The molecule has 0 amide bonds. The number of hydrogen-bond donors (Lipinski definition) is 1. The average molecular weight is 270 g/mol. The Morgan fingerprint density at radius 1 is 1.50 bits per heavy atom. The van der Waals surface area contributed by atoms with Gasteiger partial charge in [0.25, 0.3) is 0 Å². The van der Waals surface area contributed by atoms with E-state index in [2.05, 4.69) is 31.1 Å². The predicted octanol–water partition coefficient (Wildman–Crippen LogP) is 3.04. The number of aromatic nitrogens is 1. The molecule has 0 aliphatic carbocycles. The van der Waals surface area contributed by atoms with Crippen LogP contribution in [-0.4, -0.2) is 31.8 Å². The molecule has 104 valence electrons. The van der Waals surface area contributed by atoms with E-state index in [0.717, 1.165) is 31.1 Å². The molecule has 0 fully saturated rings. The molecule has 0 aliphatic heterocycles. The number of aryl methyl sites for hydroxylation is 1. The third kappa shape index (κ3) is 5.46. The van der Waals surface area contributed by atoms with Gasteiger partial charge in [0.15, 0.2) is 0 Å². The van der Waals surface area contributed by atoms with E-state index in [1.54, 1.807) is 7.11 Å². The maximum Gasteiger partial charge on any atom is 0.0896 e. The fraction of sp³-hybridized carbons (Fsp3) is 0.786. The molecule has 1 heterocycles. The molecule has 1 atom stereocenters. The third-order valence-electron chi connectivity index (χ3n) is 3.16. The normalized spacial score (nSPS) is 14.7. The summed E-state index contributed by atoms with van der Waals surface area (Å²) in [4.78, 5) is 5.75. The highest BCUT2D eigenvalue weighted by Crippen LogP contribution is 2.29. The van der Waals surface area contributed by atoms with Crippen LogP contribution in [0.2, 0.25) is 0 Å². The van der Waals surface area contributed by atoms with E-state index in [1.807, 2.05) is 17.5 Å². The van der Waals surface area contributed by atoms with Gasteiger partial charge in [0.05, 0.1) is 11.6 Å². The van der Waals surface area contributed by atoms with Crippen molar-refractivity contribution in [3.05, 3.63) is 16.1 Å². The van der Waals surface area contributed by atoms with E-state index >= 15 is 0 Å². The molecule has 0 aliphatic rings. The highest BCUT2D eigenvalue weighted by atomic mass is 32.1. The first-order valence-corrected chi connectivity index (χ1v) is 7.52. The number of nitrogens with zero attached hydrogens (tertiary/aromatic N) is 1. The van der Waals surface area contributed by atoms with Crippen molar-refractivity contribution in [2.24, 2.45) is 5.41 Å². The molecule has 1 unspecified atom stereocenters.